The summed E-state index contributed by atoms with van der Waals surface area (Å²) in [6, 6.07) is 0. The van der Waals surface area contributed by atoms with Crippen LogP contribution in [0.3, 0.4) is 0 Å². The zero-order valence-corrected chi connectivity index (χ0v) is 6.40. The molecule has 5 nitrogen and oxygen atoms in total. The van der Waals surface area contributed by atoms with E-state index in [4.69, 9.17) is 11.3 Å². The molecule has 11 heavy (non-hydrogen) atoms. The van der Waals surface area contributed by atoms with Gasteiger partial charge in [0.15, 0.2) is 0 Å². The second-order valence-corrected chi connectivity index (χ2v) is 2.24. The average molecular weight is 155 g/mol. The minimum absolute atomic E-state index is 0.177. The van der Waals surface area contributed by atoms with Crippen molar-refractivity contribution in [3.8, 4) is 0 Å². The standard InChI is InChI=1S/C6H11N4O/c1-5(6(7)11)3-2-4-9-10-8/h2,5H,3-4H2,1H3,(H2,7,11)/t5-/m0/s1. The van der Waals surface area contributed by atoms with Gasteiger partial charge in [-0.15, -0.1) is 0 Å². The zero-order valence-electron chi connectivity index (χ0n) is 6.40. The Morgan fingerprint density at radius 3 is 3.00 bits per heavy atom. The highest BCUT2D eigenvalue weighted by Crippen LogP contribution is 2.02. The number of azide groups is 1. The molecule has 0 aromatic carbocycles. The van der Waals surface area contributed by atoms with Crippen LogP contribution in [-0.4, -0.2) is 12.5 Å². The summed E-state index contributed by atoms with van der Waals surface area (Å²) in [7, 11) is 0. The molecule has 0 bridgehead atoms. The molecule has 0 aliphatic carbocycles. The number of hydrogen-bond acceptors (Lipinski definition) is 2. The number of carbonyl (C=O) groups is 1. The fourth-order valence-corrected chi connectivity index (χ4v) is 0.535. The van der Waals surface area contributed by atoms with Gasteiger partial charge in [-0.25, -0.2) is 0 Å². The van der Waals surface area contributed by atoms with Crippen LogP contribution in [0.25, 0.3) is 10.4 Å². The van der Waals surface area contributed by atoms with Crippen LogP contribution in [0.5, 0.6) is 0 Å². The third-order valence-corrected chi connectivity index (χ3v) is 1.28. The second-order valence-electron chi connectivity index (χ2n) is 2.24. The lowest BCUT2D eigenvalue weighted by Crippen LogP contribution is -2.20. The summed E-state index contributed by atoms with van der Waals surface area (Å²) in [5.41, 5.74) is 12.9. The van der Waals surface area contributed by atoms with Crippen molar-refractivity contribution in [2.24, 2.45) is 16.8 Å². The number of rotatable bonds is 5. The quantitative estimate of drug-likeness (QED) is 0.273. The van der Waals surface area contributed by atoms with E-state index in [9.17, 15) is 4.79 Å². The summed E-state index contributed by atoms with van der Waals surface area (Å²) in [4.78, 5) is 13.0. The van der Waals surface area contributed by atoms with E-state index >= 15 is 0 Å². The first-order valence-corrected chi connectivity index (χ1v) is 3.30. The Morgan fingerprint density at radius 2 is 2.55 bits per heavy atom. The van der Waals surface area contributed by atoms with Crippen molar-refractivity contribution in [1.29, 1.82) is 0 Å². The number of carbonyl (C=O) groups excluding carboxylic acids is 1. The summed E-state index contributed by atoms with van der Waals surface area (Å²) in [6.07, 6.45) is 2.30. The van der Waals surface area contributed by atoms with Gasteiger partial charge in [0.25, 0.3) is 0 Å². The molecule has 0 aliphatic rings. The van der Waals surface area contributed by atoms with Crippen LogP contribution < -0.4 is 5.73 Å². The fraction of sp³-hybridized carbons (Fsp3) is 0.667. The Bertz CT molecular complexity index is 173. The van der Waals surface area contributed by atoms with Crippen LogP contribution in [0.15, 0.2) is 5.11 Å². The Morgan fingerprint density at radius 1 is 1.91 bits per heavy atom. The summed E-state index contributed by atoms with van der Waals surface area (Å²) >= 11 is 0. The first-order chi connectivity index (χ1) is 5.18. The molecule has 0 spiro atoms. The number of nitrogens with two attached hydrogens (primary N) is 1. The number of amides is 1. The van der Waals surface area contributed by atoms with E-state index in [1.54, 1.807) is 13.3 Å². The maximum atomic E-state index is 10.5. The van der Waals surface area contributed by atoms with Crippen LogP contribution in [-0.2, 0) is 4.79 Å². The van der Waals surface area contributed by atoms with Crippen molar-refractivity contribution in [2.45, 2.75) is 13.3 Å². The van der Waals surface area contributed by atoms with Crippen molar-refractivity contribution < 1.29 is 4.79 Å². The Kier molecular flexibility index (Phi) is 4.94. The Hall–Kier alpha value is -1.22. The molecule has 1 atom stereocenters. The lowest BCUT2D eigenvalue weighted by molar-refractivity contribution is -0.121. The van der Waals surface area contributed by atoms with E-state index in [0.717, 1.165) is 0 Å². The minimum atomic E-state index is -0.331. The van der Waals surface area contributed by atoms with Gasteiger partial charge in [-0.3, -0.25) is 4.79 Å². The lowest BCUT2D eigenvalue weighted by atomic mass is 10.1. The van der Waals surface area contributed by atoms with Gasteiger partial charge in [0.05, 0.1) is 0 Å². The van der Waals surface area contributed by atoms with Gasteiger partial charge < -0.3 is 5.73 Å². The van der Waals surface area contributed by atoms with Crippen LogP contribution in [0, 0.1) is 12.3 Å². The van der Waals surface area contributed by atoms with E-state index in [1.807, 2.05) is 0 Å². The van der Waals surface area contributed by atoms with Crippen molar-refractivity contribution >= 4 is 5.91 Å². The average Bonchev–Trinajstić information content (AvgIpc) is 1.97. The van der Waals surface area contributed by atoms with Gasteiger partial charge >= 0.3 is 0 Å². The topological polar surface area (TPSA) is 91.8 Å². The molecule has 1 radical (unpaired) electrons. The molecule has 2 N–H and O–H groups in total. The molecule has 5 heteroatoms. The maximum Gasteiger partial charge on any atom is 0.220 e. The van der Waals surface area contributed by atoms with Crippen molar-refractivity contribution in [1.82, 2.24) is 0 Å². The minimum Gasteiger partial charge on any atom is -0.369 e. The molecule has 1 amide bonds. The first kappa shape index (κ1) is 9.78. The zero-order chi connectivity index (χ0) is 8.69. The van der Waals surface area contributed by atoms with Crippen LogP contribution in [0.2, 0.25) is 0 Å². The van der Waals surface area contributed by atoms with Crippen molar-refractivity contribution in [3.05, 3.63) is 16.9 Å². The van der Waals surface area contributed by atoms with Gasteiger partial charge in [0.2, 0.25) is 5.91 Å². The van der Waals surface area contributed by atoms with Gasteiger partial charge in [0.1, 0.15) is 0 Å². The highest BCUT2D eigenvalue weighted by Gasteiger charge is 2.06. The molecule has 0 aromatic rings. The Labute approximate surface area is 65.2 Å². The summed E-state index contributed by atoms with van der Waals surface area (Å²) in [5, 5.41) is 3.28. The predicted molar refractivity (Wildman–Crippen MR) is 41.3 cm³/mol. The smallest absolute Gasteiger partial charge is 0.220 e. The molecule has 0 aliphatic heterocycles. The number of nitrogens with zero attached hydrogens (tertiary/aromatic N) is 3. The van der Waals surface area contributed by atoms with E-state index < -0.39 is 0 Å². The van der Waals surface area contributed by atoms with Crippen LogP contribution >= 0.6 is 0 Å². The van der Waals surface area contributed by atoms with E-state index in [1.165, 1.54) is 0 Å². The van der Waals surface area contributed by atoms with Gasteiger partial charge in [0, 0.05) is 17.4 Å². The van der Waals surface area contributed by atoms with Gasteiger partial charge in [-0.2, -0.15) is 0 Å². The van der Waals surface area contributed by atoms with Gasteiger partial charge in [-0.05, 0) is 18.4 Å². The molecular formula is C6H11N4O. The van der Waals surface area contributed by atoms with Crippen LogP contribution in [0.4, 0.5) is 0 Å². The summed E-state index contributed by atoms with van der Waals surface area (Å²) in [5.74, 6) is -0.508. The molecule has 0 saturated heterocycles. The molecule has 61 valence electrons. The van der Waals surface area contributed by atoms with E-state index in [-0.39, 0.29) is 11.8 Å². The highest BCUT2D eigenvalue weighted by molar-refractivity contribution is 5.76. The highest BCUT2D eigenvalue weighted by atomic mass is 16.1. The largest absolute Gasteiger partial charge is 0.369 e. The Balaban J connectivity index is 3.38. The third kappa shape index (κ3) is 5.24. The maximum absolute atomic E-state index is 10.5. The fourth-order valence-electron chi connectivity index (χ4n) is 0.535. The molecular weight excluding hydrogens is 144 g/mol. The number of primary amides is 1. The third-order valence-electron chi connectivity index (χ3n) is 1.28. The van der Waals surface area contributed by atoms with Crippen LogP contribution in [0.1, 0.15) is 13.3 Å². The normalized spacial score (nSPS) is 11.7. The summed E-state index contributed by atoms with van der Waals surface area (Å²) < 4.78 is 0. The first-order valence-electron chi connectivity index (χ1n) is 3.30. The van der Waals surface area contributed by atoms with Gasteiger partial charge in [-0.1, -0.05) is 12.0 Å². The molecule has 0 rings (SSSR count). The molecule has 0 saturated carbocycles. The monoisotopic (exact) mass is 155 g/mol. The summed E-state index contributed by atoms with van der Waals surface area (Å²) in [6.45, 7) is 2.04. The molecule has 0 fully saturated rings. The lowest BCUT2D eigenvalue weighted by Gasteiger charge is -2.03. The second kappa shape index (κ2) is 5.56. The van der Waals surface area contributed by atoms with E-state index in [2.05, 4.69) is 10.0 Å². The van der Waals surface area contributed by atoms with Crippen molar-refractivity contribution in [2.75, 3.05) is 6.54 Å². The molecule has 0 heterocycles. The van der Waals surface area contributed by atoms with Crippen molar-refractivity contribution in [3.63, 3.8) is 0 Å². The predicted octanol–water partition coefficient (Wildman–Crippen LogP) is 1.01. The SMILES string of the molecule is C[C@@H](C[CH]CN=[N+]=[N-])C(N)=O. The molecule has 0 aromatic heterocycles. The molecule has 0 unspecified atom stereocenters. The number of hydrogen-bond donors (Lipinski definition) is 1. The van der Waals surface area contributed by atoms with E-state index in [0.29, 0.717) is 13.0 Å².